The average Bonchev–Trinajstić information content (AvgIpc) is 3.27. The van der Waals surface area contributed by atoms with Crippen LogP contribution in [-0.2, 0) is 31.1 Å². The van der Waals surface area contributed by atoms with Crippen molar-refractivity contribution in [3.8, 4) is 5.75 Å². The van der Waals surface area contributed by atoms with Gasteiger partial charge in [0.25, 0.3) is 5.91 Å². The van der Waals surface area contributed by atoms with E-state index in [1.165, 1.54) is 0 Å². The lowest BCUT2D eigenvalue weighted by atomic mass is 10.1. The third-order valence-corrected chi connectivity index (χ3v) is 5.80. The summed E-state index contributed by atoms with van der Waals surface area (Å²) in [5.41, 5.74) is 4.69. The van der Waals surface area contributed by atoms with Crippen LogP contribution >= 0.6 is 11.3 Å². The van der Waals surface area contributed by atoms with Crippen LogP contribution in [0.15, 0.2) is 84.2 Å². The second-order valence-corrected chi connectivity index (χ2v) is 8.72. The fourth-order valence-corrected chi connectivity index (χ4v) is 3.93. The van der Waals surface area contributed by atoms with E-state index in [0.29, 0.717) is 37.7 Å². The molecule has 1 amide bonds. The largest absolute Gasteiger partial charge is 0.487 e. The number of thiazole rings is 1. The third kappa shape index (κ3) is 7.00. The van der Waals surface area contributed by atoms with Gasteiger partial charge in [0.1, 0.15) is 12.4 Å². The SMILES string of the molecule is Cc1nc(COc2cccc(C(=O)NCc3cccc(COCc4ccccc4)c3)c2)cs1. The molecule has 0 radical (unpaired) electrons. The standard InChI is InChI=1S/C27H26N2O3S/c1-20-29-25(19-33-20)18-32-26-12-6-11-24(14-26)27(30)28-15-22-9-5-10-23(13-22)17-31-16-21-7-3-2-4-8-21/h2-14,19H,15-18H2,1H3,(H,28,30). The van der Waals surface area contributed by atoms with Crippen molar-refractivity contribution in [2.24, 2.45) is 0 Å². The van der Waals surface area contributed by atoms with Crippen LogP contribution in [0.3, 0.4) is 0 Å². The molecule has 4 rings (SSSR count). The predicted octanol–water partition coefficient (Wildman–Crippen LogP) is 5.68. The molecule has 1 heterocycles. The highest BCUT2D eigenvalue weighted by Gasteiger charge is 2.08. The van der Waals surface area contributed by atoms with Crippen LogP contribution in [0.4, 0.5) is 0 Å². The Morgan fingerprint density at radius 1 is 0.879 bits per heavy atom. The fraction of sp³-hybridized carbons (Fsp3) is 0.185. The van der Waals surface area contributed by atoms with E-state index < -0.39 is 0 Å². The molecule has 33 heavy (non-hydrogen) atoms. The lowest BCUT2D eigenvalue weighted by Gasteiger charge is -2.10. The van der Waals surface area contributed by atoms with Gasteiger partial charge in [-0.3, -0.25) is 4.79 Å². The van der Waals surface area contributed by atoms with E-state index in [-0.39, 0.29) is 5.91 Å². The van der Waals surface area contributed by atoms with Crippen molar-refractivity contribution in [3.05, 3.63) is 117 Å². The van der Waals surface area contributed by atoms with Crippen molar-refractivity contribution < 1.29 is 14.3 Å². The molecule has 1 N–H and O–H groups in total. The first kappa shape index (κ1) is 22.7. The zero-order chi connectivity index (χ0) is 22.9. The molecule has 0 saturated carbocycles. The Bertz CT molecular complexity index is 1190. The number of aryl methyl sites for hydroxylation is 1. The van der Waals surface area contributed by atoms with Gasteiger partial charge < -0.3 is 14.8 Å². The minimum absolute atomic E-state index is 0.143. The van der Waals surface area contributed by atoms with E-state index in [4.69, 9.17) is 9.47 Å². The normalized spacial score (nSPS) is 10.7. The Hall–Kier alpha value is -3.48. The molecule has 6 heteroatoms. The highest BCUT2D eigenvalue weighted by molar-refractivity contribution is 7.09. The van der Waals surface area contributed by atoms with Gasteiger partial charge in [-0.05, 0) is 41.8 Å². The highest BCUT2D eigenvalue weighted by Crippen LogP contribution is 2.17. The number of amides is 1. The Labute approximate surface area is 198 Å². The first-order chi connectivity index (χ1) is 16.2. The van der Waals surface area contributed by atoms with Crippen molar-refractivity contribution in [1.82, 2.24) is 10.3 Å². The van der Waals surface area contributed by atoms with E-state index in [0.717, 1.165) is 27.4 Å². The van der Waals surface area contributed by atoms with Crippen LogP contribution in [0.25, 0.3) is 0 Å². The van der Waals surface area contributed by atoms with Crippen LogP contribution in [0.2, 0.25) is 0 Å². The smallest absolute Gasteiger partial charge is 0.251 e. The molecule has 0 aliphatic carbocycles. The molecule has 5 nitrogen and oxygen atoms in total. The van der Waals surface area contributed by atoms with E-state index in [1.807, 2.05) is 73.0 Å². The summed E-state index contributed by atoms with van der Waals surface area (Å²) in [5.74, 6) is 0.501. The van der Waals surface area contributed by atoms with Gasteiger partial charge in [0.05, 0.1) is 23.9 Å². The average molecular weight is 459 g/mol. The van der Waals surface area contributed by atoms with E-state index >= 15 is 0 Å². The summed E-state index contributed by atoms with van der Waals surface area (Å²) in [6.45, 7) is 3.88. The molecule has 0 spiro atoms. The molecule has 0 fully saturated rings. The number of carbonyl (C=O) groups excluding carboxylic acids is 1. The Morgan fingerprint density at radius 2 is 1.64 bits per heavy atom. The summed E-state index contributed by atoms with van der Waals surface area (Å²) in [5, 5.41) is 5.97. The van der Waals surface area contributed by atoms with Gasteiger partial charge in [-0.1, -0.05) is 60.7 Å². The van der Waals surface area contributed by atoms with Crippen LogP contribution < -0.4 is 10.1 Å². The van der Waals surface area contributed by atoms with E-state index in [9.17, 15) is 4.79 Å². The number of carbonyl (C=O) groups is 1. The first-order valence-electron chi connectivity index (χ1n) is 10.8. The first-order valence-corrected chi connectivity index (χ1v) is 11.7. The van der Waals surface area contributed by atoms with Gasteiger partial charge >= 0.3 is 0 Å². The predicted molar refractivity (Wildman–Crippen MR) is 130 cm³/mol. The number of nitrogens with one attached hydrogen (secondary N) is 1. The van der Waals surface area contributed by atoms with Crippen molar-refractivity contribution in [2.75, 3.05) is 0 Å². The monoisotopic (exact) mass is 458 g/mol. The van der Waals surface area contributed by atoms with Crippen LogP contribution in [0.1, 0.15) is 37.7 Å². The maximum Gasteiger partial charge on any atom is 0.251 e. The van der Waals surface area contributed by atoms with Crippen molar-refractivity contribution >= 4 is 17.2 Å². The lowest BCUT2D eigenvalue weighted by molar-refractivity contribution is 0.0950. The van der Waals surface area contributed by atoms with Crippen molar-refractivity contribution in [1.29, 1.82) is 0 Å². The van der Waals surface area contributed by atoms with Gasteiger partial charge in [-0.25, -0.2) is 4.98 Å². The van der Waals surface area contributed by atoms with Gasteiger partial charge in [0, 0.05) is 17.5 Å². The number of rotatable bonds is 10. The molecule has 0 bridgehead atoms. The maximum atomic E-state index is 12.7. The summed E-state index contributed by atoms with van der Waals surface area (Å²) in [4.78, 5) is 17.1. The van der Waals surface area contributed by atoms with Crippen molar-refractivity contribution in [3.63, 3.8) is 0 Å². The Balaban J connectivity index is 1.27. The number of nitrogens with zero attached hydrogens (tertiary/aromatic N) is 1. The number of hydrogen-bond donors (Lipinski definition) is 1. The molecule has 1 aromatic heterocycles. The maximum absolute atomic E-state index is 12.7. The summed E-state index contributed by atoms with van der Waals surface area (Å²) < 4.78 is 11.6. The van der Waals surface area contributed by atoms with Gasteiger partial charge in [-0.2, -0.15) is 0 Å². The molecular weight excluding hydrogens is 432 g/mol. The summed E-state index contributed by atoms with van der Waals surface area (Å²) >= 11 is 1.59. The number of ether oxygens (including phenoxy) is 2. The zero-order valence-corrected chi connectivity index (χ0v) is 19.3. The number of aromatic nitrogens is 1. The molecular formula is C27H26N2O3S. The van der Waals surface area contributed by atoms with Gasteiger partial charge in [-0.15, -0.1) is 11.3 Å². The zero-order valence-electron chi connectivity index (χ0n) is 18.5. The summed E-state index contributed by atoms with van der Waals surface area (Å²) in [6, 6.07) is 25.4. The second-order valence-electron chi connectivity index (χ2n) is 7.66. The highest BCUT2D eigenvalue weighted by atomic mass is 32.1. The number of hydrogen-bond acceptors (Lipinski definition) is 5. The summed E-state index contributed by atoms with van der Waals surface area (Å²) in [6.07, 6.45) is 0. The minimum atomic E-state index is -0.143. The fourth-order valence-electron chi connectivity index (χ4n) is 3.33. The Kier molecular flexibility index (Phi) is 7.85. The van der Waals surface area contributed by atoms with E-state index in [2.05, 4.69) is 16.4 Å². The van der Waals surface area contributed by atoms with Crippen LogP contribution in [0.5, 0.6) is 5.75 Å². The number of benzene rings is 3. The molecule has 0 aliphatic heterocycles. The van der Waals surface area contributed by atoms with Crippen LogP contribution in [-0.4, -0.2) is 10.9 Å². The topological polar surface area (TPSA) is 60.5 Å². The molecule has 0 saturated heterocycles. The van der Waals surface area contributed by atoms with Crippen molar-refractivity contribution in [2.45, 2.75) is 33.3 Å². The molecule has 0 unspecified atom stereocenters. The molecule has 3 aromatic carbocycles. The minimum Gasteiger partial charge on any atom is -0.487 e. The van der Waals surface area contributed by atoms with Crippen LogP contribution in [0, 0.1) is 6.92 Å². The van der Waals surface area contributed by atoms with Gasteiger partial charge in [0.15, 0.2) is 0 Å². The van der Waals surface area contributed by atoms with E-state index in [1.54, 1.807) is 23.5 Å². The summed E-state index contributed by atoms with van der Waals surface area (Å²) in [7, 11) is 0. The molecule has 0 aliphatic rings. The lowest BCUT2D eigenvalue weighted by Crippen LogP contribution is -2.22. The second kappa shape index (κ2) is 11.4. The quantitative estimate of drug-likeness (QED) is 0.332. The third-order valence-electron chi connectivity index (χ3n) is 4.97. The molecule has 4 aromatic rings. The van der Waals surface area contributed by atoms with Gasteiger partial charge in [0.2, 0.25) is 0 Å². The Morgan fingerprint density at radius 3 is 2.45 bits per heavy atom. The molecule has 0 atom stereocenters. The molecule has 168 valence electrons.